The summed E-state index contributed by atoms with van der Waals surface area (Å²) >= 11 is 0. The van der Waals surface area contributed by atoms with Gasteiger partial charge in [0.25, 0.3) is 0 Å². The highest BCUT2D eigenvalue weighted by molar-refractivity contribution is 7.92. The standard InChI is InChI=1S/C16H19N5O3S/c1-4-20-9-7-17-15(20)16-18-8-10-21(16)12-5-6-13(14(11-12)24-2)19-25(3,22)23/h5-11,19H,4H2,1-3H3. The van der Waals surface area contributed by atoms with Crippen molar-refractivity contribution in [2.75, 3.05) is 18.1 Å². The predicted octanol–water partition coefficient (Wildman–Crippen LogP) is 2.14. The van der Waals surface area contributed by atoms with Crippen LogP contribution in [0.4, 0.5) is 5.69 Å². The zero-order valence-corrected chi connectivity index (χ0v) is 15.0. The number of methoxy groups -OCH3 is 1. The predicted molar refractivity (Wildman–Crippen MR) is 95.5 cm³/mol. The van der Waals surface area contributed by atoms with E-state index in [-0.39, 0.29) is 0 Å². The Morgan fingerprint density at radius 2 is 1.88 bits per heavy atom. The number of rotatable bonds is 6. The molecule has 0 atom stereocenters. The summed E-state index contributed by atoms with van der Waals surface area (Å²) in [6.45, 7) is 2.82. The SMILES string of the molecule is CCn1ccnc1-c1nccn1-c1ccc(NS(C)(=O)=O)c(OC)c1. The van der Waals surface area contributed by atoms with E-state index >= 15 is 0 Å². The van der Waals surface area contributed by atoms with Crippen LogP contribution in [0, 0.1) is 0 Å². The first kappa shape index (κ1) is 17.0. The van der Waals surface area contributed by atoms with Gasteiger partial charge in [0.1, 0.15) is 5.75 Å². The van der Waals surface area contributed by atoms with Crippen molar-refractivity contribution in [3.63, 3.8) is 0 Å². The Morgan fingerprint density at radius 1 is 1.16 bits per heavy atom. The molecule has 1 N–H and O–H groups in total. The molecule has 25 heavy (non-hydrogen) atoms. The molecule has 8 nitrogen and oxygen atoms in total. The average Bonchev–Trinajstić information content (AvgIpc) is 3.22. The van der Waals surface area contributed by atoms with E-state index in [4.69, 9.17) is 4.74 Å². The highest BCUT2D eigenvalue weighted by Gasteiger charge is 2.15. The van der Waals surface area contributed by atoms with Crippen molar-refractivity contribution in [3.05, 3.63) is 43.0 Å². The Bertz CT molecular complexity index is 991. The highest BCUT2D eigenvalue weighted by atomic mass is 32.2. The second kappa shape index (κ2) is 6.60. The third-order valence-electron chi connectivity index (χ3n) is 3.66. The molecule has 3 aromatic rings. The van der Waals surface area contributed by atoms with Crippen LogP contribution in [0.1, 0.15) is 6.92 Å². The lowest BCUT2D eigenvalue weighted by Gasteiger charge is -2.13. The number of benzene rings is 1. The summed E-state index contributed by atoms with van der Waals surface area (Å²) in [7, 11) is -1.90. The topological polar surface area (TPSA) is 91.0 Å². The molecule has 0 spiro atoms. The number of hydrogen-bond donors (Lipinski definition) is 1. The molecule has 0 fully saturated rings. The average molecular weight is 361 g/mol. The van der Waals surface area contributed by atoms with Gasteiger partial charge in [0.2, 0.25) is 10.0 Å². The van der Waals surface area contributed by atoms with E-state index in [1.807, 2.05) is 28.5 Å². The number of ether oxygens (including phenoxy) is 1. The van der Waals surface area contributed by atoms with Crippen LogP contribution in [-0.2, 0) is 16.6 Å². The summed E-state index contributed by atoms with van der Waals surface area (Å²) in [6.07, 6.45) is 8.24. The molecule has 0 radical (unpaired) electrons. The van der Waals surface area contributed by atoms with Gasteiger partial charge in [-0.1, -0.05) is 0 Å². The molecule has 1 aromatic carbocycles. The number of aromatic nitrogens is 4. The fraction of sp³-hybridized carbons (Fsp3) is 0.250. The fourth-order valence-electron chi connectivity index (χ4n) is 2.56. The molecule has 0 aliphatic carbocycles. The number of sulfonamides is 1. The monoisotopic (exact) mass is 361 g/mol. The minimum atomic E-state index is -3.39. The quantitative estimate of drug-likeness (QED) is 0.726. The molecule has 0 saturated heterocycles. The van der Waals surface area contributed by atoms with Gasteiger partial charge in [-0.05, 0) is 19.1 Å². The van der Waals surface area contributed by atoms with Crippen LogP contribution in [-0.4, -0.2) is 40.9 Å². The first-order valence-electron chi connectivity index (χ1n) is 7.64. The van der Waals surface area contributed by atoms with E-state index in [2.05, 4.69) is 14.7 Å². The maximum Gasteiger partial charge on any atom is 0.229 e. The number of nitrogens with one attached hydrogen (secondary N) is 1. The smallest absolute Gasteiger partial charge is 0.229 e. The van der Waals surface area contributed by atoms with Crippen LogP contribution in [0.3, 0.4) is 0 Å². The molecule has 3 rings (SSSR count). The minimum Gasteiger partial charge on any atom is -0.494 e. The van der Waals surface area contributed by atoms with Crippen LogP contribution >= 0.6 is 0 Å². The van der Waals surface area contributed by atoms with Crippen molar-refractivity contribution < 1.29 is 13.2 Å². The van der Waals surface area contributed by atoms with Gasteiger partial charge in [-0.2, -0.15) is 0 Å². The molecule has 0 bridgehead atoms. The first-order chi connectivity index (χ1) is 11.9. The summed E-state index contributed by atoms with van der Waals surface area (Å²) < 4.78 is 34.6. The number of hydrogen-bond acceptors (Lipinski definition) is 5. The lowest BCUT2D eigenvalue weighted by molar-refractivity contribution is 0.416. The summed E-state index contributed by atoms with van der Waals surface area (Å²) in [5, 5.41) is 0. The van der Waals surface area contributed by atoms with Gasteiger partial charge >= 0.3 is 0 Å². The summed E-state index contributed by atoms with van der Waals surface area (Å²) in [6, 6.07) is 5.20. The second-order valence-corrected chi connectivity index (χ2v) is 7.16. The molecule has 2 aromatic heterocycles. The first-order valence-corrected chi connectivity index (χ1v) is 9.53. The molecular formula is C16H19N5O3S. The molecular weight excluding hydrogens is 342 g/mol. The molecule has 0 amide bonds. The maximum atomic E-state index is 11.5. The van der Waals surface area contributed by atoms with Gasteiger partial charge < -0.3 is 9.30 Å². The van der Waals surface area contributed by atoms with Gasteiger partial charge in [-0.15, -0.1) is 0 Å². The maximum absolute atomic E-state index is 11.5. The molecule has 9 heteroatoms. The number of imidazole rings is 2. The van der Waals surface area contributed by atoms with Crippen molar-refractivity contribution in [3.8, 4) is 23.1 Å². The van der Waals surface area contributed by atoms with Crippen molar-refractivity contribution >= 4 is 15.7 Å². The normalized spacial score (nSPS) is 11.5. The minimum absolute atomic E-state index is 0.380. The third kappa shape index (κ3) is 3.50. The zero-order valence-electron chi connectivity index (χ0n) is 14.2. The Hall–Kier alpha value is -2.81. The largest absolute Gasteiger partial charge is 0.494 e. The number of anilines is 1. The summed E-state index contributed by atoms with van der Waals surface area (Å²) in [5.41, 5.74) is 1.17. The van der Waals surface area contributed by atoms with Gasteiger partial charge in [-0.25, -0.2) is 18.4 Å². The highest BCUT2D eigenvalue weighted by Crippen LogP contribution is 2.29. The van der Waals surface area contributed by atoms with E-state index < -0.39 is 10.0 Å². The van der Waals surface area contributed by atoms with Crippen LogP contribution in [0.25, 0.3) is 17.3 Å². The van der Waals surface area contributed by atoms with Crippen LogP contribution in [0.5, 0.6) is 5.75 Å². The summed E-state index contributed by atoms with van der Waals surface area (Å²) in [5.74, 6) is 1.86. The molecule has 0 aliphatic rings. The molecule has 132 valence electrons. The number of aryl methyl sites for hydroxylation is 1. The Morgan fingerprint density at radius 3 is 2.56 bits per heavy atom. The Labute approximate surface area is 146 Å². The van der Waals surface area contributed by atoms with Crippen molar-refractivity contribution in [1.29, 1.82) is 0 Å². The molecule has 2 heterocycles. The van der Waals surface area contributed by atoms with Gasteiger partial charge in [0.15, 0.2) is 11.6 Å². The van der Waals surface area contributed by atoms with Crippen molar-refractivity contribution in [2.45, 2.75) is 13.5 Å². The summed E-state index contributed by atoms with van der Waals surface area (Å²) in [4.78, 5) is 8.79. The lowest BCUT2D eigenvalue weighted by atomic mass is 10.2. The van der Waals surface area contributed by atoms with E-state index in [1.165, 1.54) is 7.11 Å². The molecule has 0 saturated carbocycles. The van der Waals surface area contributed by atoms with E-state index in [0.717, 1.165) is 24.3 Å². The van der Waals surface area contributed by atoms with Crippen LogP contribution in [0.2, 0.25) is 0 Å². The second-order valence-electron chi connectivity index (χ2n) is 5.42. The number of nitrogens with zero attached hydrogens (tertiary/aromatic N) is 4. The Kier molecular flexibility index (Phi) is 4.49. The van der Waals surface area contributed by atoms with Crippen LogP contribution in [0.15, 0.2) is 43.0 Å². The van der Waals surface area contributed by atoms with Crippen LogP contribution < -0.4 is 9.46 Å². The molecule has 0 unspecified atom stereocenters. The van der Waals surface area contributed by atoms with Crippen molar-refractivity contribution in [2.24, 2.45) is 0 Å². The Balaban J connectivity index is 2.05. The fourth-order valence-corrected chi connectivity index (χ4v) is 3.13. The lowest BCUT2D eigenvalue weighted by Crippen LogP contribution is -2.11. The van der Waals surface area contributed by atoms with E-state index in [0.29, 0.717) is 17.3 Å². The van der Waals surface area contributed by atoms with Gasteiger partial charge in [-0.3, -0.25) is 9.29 Å². The zero-order chi connectivity index (χ0) is 18.0. The van der Waals surface area contributed by atoms with E-state index in [9.17, 15) is 8.42 Å². The van der Waals surface area contributed by atoms with Gasteiger partial charge in [0, 0.05) is 37.4 Å². The third-order valence-corrected chi connectivity index (χ3v) is 4.25. The van der Waals surface area contributed by atoms with Crippen molar-refractivity contribution in [1.82, 2.24) is 19.1 Å². The molecule has 0 aliphatic heterocycles. The van der Waals surface area contributed by atoms with Gasteiger partial charge in [0.05, 0.1) is 24.7 Å². The van der Waals surface area contributed by atoms with E-state index in [1.54, 1.807) is 30.6 Å².